The Balaban J connectivity index is 0.000000437. The summed E-state index contributed by atoms with van der Waals surface area (Å²) in [5, 5.41) is 32.9. The largest absolute Gasteiger partial charge is 0.478 e. The summed E-state index contributed by atoms with van der Waals surface area (Å²) in [7, 11) is 0. The second-order valence-corrected chi connectivity index (χ2v) is 2.96. The van der Waals surface area contributed by atoms with E-state index >= 15 is 0 Å². The van der Waals surface area contributed by atoms with Crippen LogP contribution in [0.15, 0.2) is 24.3 Å². The number of hydrogen-bond acceptors (Lipinski definition) is 4. The lowest BCUT2D eigenvalue weighted by molar-refractivity contribution is 0.0651. The predicted molar refractivity (Wildman–Crippen MR) is 59.1 cm³/mol. The van der Waals surface area contributed by atoms with Crippen LogP contribution in [0.1, 0.15) is 27.1 Å². The van der Waals surface area contributed by atoms with Crippen LogP contribution in [-0.4, -0.2) is 45.6 Å². The van der Waals surface area contributed by atoms with Crippen molar-refractivity contribution in [2.45, 2.75) is 6.42 Å². The standard InChI is InChI=1S/C8H6O4.C3H8O2/c9-7(10)5-3-1-2-4-6(5)8(11)12;4-2-1-3-5/h1-4H,(H,9,10)(H,11,12);4-5H,1-3H2. The van der Waals surface area contributed by atoms with Gasteiger partial charge in [0, 0.05) is 13.2 Å². The van der Waals surface area contributed by atoms with Crippen molar-refractivity contribution in [1.82, 2.24) is 0 Å². The first-order valence-corrected chi connectivity index (χ1v) is 4.82. The summed E-state index contributed by atoms with van der Waals surface area (Å²) in [5.74, 6) is -2.46. The minimum atomic E-state index is -1.23. The normalized spacial score (nSPS) is 9.06. The molecule has 0 aliphatic rings. The van der Waals surface area contributed by atoms with Crippen LogP contribution in [0.4, 0.5) is 0 Å². The van der Waals surface area contributed by atoms with E-state index in [4.69, 9.17) is 20.4 Å². The van der Waals surface area contributed by atoms with Gasteiger partial charge >= 0.3 is 11.9 Å². The van der Waals surface area contributed by atoms with Crippen LogP contribution in [0.3, 0.4) is 0 Å². The molecule has 0 unspecified atom stereocenters. The second kappa shape index (κ2) is 8.26. The number of carboxylic acids is 2. The average molecular weight is 242 g/mol. The molecule has 0 aliphatic carbocycles. The summed E-state index contributed by atoms with van der Waals surface area (Å²) in [6.07, 6.45) is 0.500. The zero-order chi connectivity index (χ0) is 13.3. The molecule has 0 aromatic heterocycles. The van der Waals surface area contributed by atoms with Gasteiger partial charge in [0.05, 0.1) is 11.1 Å². The van der Waals surface area contributed by atoms with Crippen molar-refractivity contribution in [3.05, 3.63) is 35.4 Å². The maximum Gasteiger partial charge on any atom is 0.336 e. The third-order valence-corrected chi connectivity index (χ3v) is 1.70. The van der Waals surface area contributed by atoms with E-state index < -0.39 is 11.9 Å². The van der Waals surface area contributed by atoms with Gasteiger partial charge in [0.1, 0.15) is 0 Å². The molecule has 0 amide bonds. The van der Waals surface area contributed by atoms with Crippen molar-refractivity contribution in [2.75, 3.05) is 13.2 Å². The molecule has 0 saturated heterocycles. The summed E-state index contributed by atoms with van der Waals surface area (Å²) in [6.45, 7) is 0.188. The molecule has 0 radical (unpaired) electrons. The van der Waals surface area contributed by atoms with Crippen LogP contribution in [0.2, 0.25) is 0 Å². The molecule has 4 N–H and O–H groups in total. The molecule has 1 aromatic carbocycles. The number of carboxylic acid groups (broad SMARTS) is 2. The number of benzene rings is 1. The van der Waals surface area contributed by atoms with Crippen molar-refractivity contribution in [3.8, 4) is 0 Å². The van der Waals surface area contributed by atoms with Crippen molar-refractivity contribution in [3.63, 3.8) is 0 Å². The fraction of sp³-hybridized carbons (Fsp3) is 0.273. The fourth-order valence-electron chi connectivity index (χ4n) is 0.927. The highest BCUT2D eigenvalue weighted by Gasteiger charge is 2.13. The highest BCUT2D eigenvalue weighted by atomic mass is 16.4. The molecular formula is C11H14O6. The number of hydrogen-bond donors (Lipinski definition) is 4. The molecule has 0 bridgehead atoms. The topological polar surface area (TPSA) is 115 Å². The summed E-state index contributed by atoms with van der Waals surface area (Å²) in [4.78, 5) is 20.9. The molecule has 6 heteroatoms. The lowest BCUT2D eigenvalue weighted by Gasteiger charge is -1.98. The third-order valence-electron chi connectivity index (χ3n) is 1.70. The van der Waals surface area contributed by atoms with Crippen LogP contribution < -0.4 is 0 Å². The zero-order valence-electron chi connectivity index (χ0n) is 9.04. The van der Waals surface area contributed by atoms with Gasteiger partial charge < -0.3 is 20.4 Å². The zero-order valence-corrected chi connectivity index (χ0v) is 9.04. The lowest BCUT2D eigenvalue weighted by atomic mass is 10.1. The summed E-state index contributed by atoms with van der Waals surface area (Å²) < 4.78 is 0. The van der Waals surface area contributed by atoms with Crippen LogP contribution in [0.25, 0.3) is 0 Å². The van der Waals surface area contributed by atoms with E-state index in [0.29, 0.717) is 6.42 Å². The van der Waals surface area contributed by atoms with Gasteiger partial charge in [-0.25, -0.2) is 9.59 Å². The molecule has 1 aromatic rings. The van der Waals surface area contributed by atoms with Gasteiger partial charge in [-0.3, -0.25) is 0 Å². The van der Waals surface area contributed by atoms with Crippen LogP contribution in [0, 0.1) is 0 Å². The molecule has 0 saturated carbocycles. The minimum Gasteiger partial charge on any atom is -0.478 e. The number of rotatable bonds is 4. The first-order valence-electron chi connectivity index (χ1n) is 4.82. The monoisotopic (exact) mass is 242 g/mol. The molecule has 94 valence electrons. The SMILES string of the molecule is O=C(O)c1ccccc1C(=O)O.OCCCO. The predicted octanol–water partition coefficient (Wildman–Crippen LogP) is 0.444. The Kier molecular flexibility index (Phi) is 7.32. The van der Waals surface area contributed by atoms with Crippen LogP contribution in [0.5, 0.6) is 0 Å². The second-order valence-electron chi connectivity index (χ2n) is 2.96. The molecule has 0 fully saturated rings. The smallest absolute Gasteiger partial charge is 0.336 e. The molecule has 0 heterocycles. The molecule has 17 heavy (non-hydrogen) atoms. The molecule has 1 rings (SSSR count). The van der Waals surface area contributed by atoms with E-state index in [1.165, 1.54) is 24.3 Å². The Morgan fingerprint density at radius 2 is 1.24 bits per heavy atom. The van der Waals surface area contributed by atoms with Crippen LogP contribution >= 0.6 is 0 Å². The molecule has 6 nitrogen and oxygen atoms in total. The molecule has 0 aliphatic heterocycles. The first kappa shape index (κ1) is 15.1. The van der Waals surface area contributed by atoms with Gasteiger partial charge in [-0.1, -0.05) is 12.1 Å². The van der Waals surface area contributed by atoms with E-state index in [-0.39, 0.29) is 24.3 Å². The average Bonchev–Trinajstić information content (AvgIpc) is 2.30. The van der Waals surface area contributed by atoms with Crippen molar-refractivity contribution in [2.24, 2.45) is 0 Å². The maximum absolute atomic E-state index is 10.5. The van der Waals surface area contributed by atoms with E-state index in [2.05, 4.69) is 0 Å². The third kappa shape index (κ3) is 5.64. The fourth-order valence-corrected chi connectivity index (χ4v) is 0.927. The number of aliphatic hydroxyl groups excluding tert-OH is 2. The van der Waals surface area contributed by atoms with Gasteiger partial charge in [-0.15, -0.1) is 0 Å². The Hall–Kier alpha value is -1.92. The van der Waals surface area contributed by atoms with Gasteiger partial charge in [0.25, 0.3) is 0 Å². The number of carbonyl (C=O) groups is 2. The van der Waals surface area contributed by atoms with Gasteiger partial charge in [-0.05, 0) is 18.6 Å². The molecule has 0 atom stereocenters. The lowest BCUT2D eigenvalue weighted by Crippen LogP contribution is -2.06. The van der Waals surface area contributed by atoms with Crippen molar-refractivity contribution in [1.29, 1.82) is 0 Å². The van der Waals surface area contributed by atoms with Crippen LogP contribution in [-0.2, 0) is 0 Å². The maximum atomic E-state index is 10.5. The van der Waals surface area contributed by atoms with E-state index in [1.54, 1.807) is 0 Å². The van der Waals surface area contributed by atoms with Gasteiger partial charge in [0.15, 0.2) is 0 Å². The van der Waals surface area contributed by atoms with Crippen molar-refractivity contribution >= 4 is 11.9 Å². The minimum absolute atomic E-state index is 0.0938. The first-order chi connectivity index (χ1) is 8.04. The number of aliphatic hydroxyl groups is 2. The van der Waals surface area contributed by atoms with E-state index in [9.17, 15) is 9.59 Å². The highest BCUT2D eigenvalue weighted by Crippen LogP contribution is 2.07. The quantitative estimate of drug-likeness (QED) is 0.609. The van der Waals surface area contributed by atoms with Gasteiger partial charge in [0.2, 0.25) is 0 Å². The molecular weight excluding hydrogens is 228 g/mol. The number of aromatic carboxylic acids is 2. The van der Waals surface area contributed by atoms with Gasteiger partial charge in [-0.2, -0.15) is 0 Å². The summed E-state index contributed by atoms with van der Waals surface area (Å²) in [5.41, 5.74) is -0.380. The van der Waals surface area contributed by atoms with E-state index in [0.717, 1.165) is 0 Å². The Bertz CT molecular complexity index is 339. The van der Waals surface area contributed by atoms with Crippen molar-refractivity contribution < 1.29 is 30.0 Å². The summed E-state index contributed by atoms with van der Waals surface area (Å²) >= 11 is 0. The molecule has 0 spiro atoms. The van der Waals surface area contributed by atoms with E-state index in [1.807, 2.05) is 0 Å². The highest BCUT2D eigenvalue weighted by molar-refractivity contribution is 6.01. The summed E-state index contributed by atoms with van der Waals surface area (Å²) in [6, 6.07) is 5.48. The Labute approximate surface area is 97.8 Å². The Morgan fingerprint density at radius 1 is 0.882 bits per heavy atom. The Morgan fingerprint density at radius 3 is 1.41 bits per heavy atom.